The van der Waals surface area contributed by atoms with Crippen molar-refractivity contribution in [2.75, 3.05) is 0 Å². The van der Waals surface area contributed by atoms with Crippen LogP contribution in [0.2, 0.25) is 5.02 Å². The third-order valence-corrected chi connectivity index (χ3v) is 2.38. The minimum Gasteiger partial charge on any atom is -0.298 e. The normalized spacial score (nSPS) is 10.4. The Hall–Kier alpha value is -1.41. The number of benzene rings is 1. The standard InChI is InChI=1S/C11H8ClNO/c1-7-5-8(6-14)9-3-2-4-10(12)11(9)13-7/h2-6H,1H3. The molecule has 0 saturated carbocycles. The fourth-order valence-corrected chi connectivity index (χ4v) is 1.69. The molecule has 2 rings (SSSR count). The van der Waals surface area contributed by atoms with E-state index in [-0.39, 0.29) is 0 Å². The molecule has 1 aromatic carbocycles. The Morgan fingerprint density at radius 1 is 1.43 bits per heavy atom. The second-order valence-corrected chi connectivity index (χ2v) is 3.51. The molecule has 2 nitrogen and oxygen atoms in total. The van der Waals surface area contributed by atoms with Gasteiger partial charge >= 0.3 is 0 Å². The summed E-state index contributed by atoms with van der Waals surface area (Å²) in [6.45, 7) is 1.84. The summed E-state index contributed by atoms with van der Waals surface area (Å²) in [5.74, 6) is 0. The van der Waals surface area contributed by atoms with E-state index in [4.69, 9.17) is 11.6 Å². The molecule has 0 aliphatic rings. The third-order valence-electron chi connectivity index (χ3n) is 2.08. The Morgan fingerprint density at radius 3 is 2.93 bits per heavy atom. The van der Waals surface area contributed by atoms with Gasteiger partial charge in [-0.05, 0) is 19.1 Å². The van der Waals surface area contributed by atoms with Gasteiger partial charge in [0.1, 0.15) is 0 Å². The second-order valence-electron chi connectivity index (χ2n) is 3.11. The van der Waals surface area contributed by atoms with E-state index in [9.17, 15) is 4.79 Å². The minimum atomic E-state index is 0.578. The van der Waals surface area contributed by atoms with Crippen LogP contribution in [0.4, 0.5) is 0 Å². The van der Waals surface area contributed by atoms with Crippen molar-refractivity contribution in [1.82, 2.24) is 4.98 Å². The highest BCUT2D eigenvalue weighted by atomic mass is 35.5. The van der Waals surface area contributed by atoms with E-state index in [0.29, 0.717) is 16.1 Å². The number of para-hydroxylation sites is 1. The lowest BCUT2D eigenvalue weighted by atomic mass is 10.1. The number of rotatable bonds is 1. The second kappa shape index (κ2) is 3.39. The van der Waals surface area contributed by atoms with Crippen molar-refractivity contribution in [2.45, 2.75) is 6.92 Å². The van der Waals surface area contributed by atoms with Gasteiger partial charge in [-0.1, -0.05) is 23.7 Å². The molecule has 2 aromatic rings. The van der Waals surface area contributed by atoms with Crippen molar-refractivity contribution in [2.24, 2.45) is 0 Å². The van der Waals surface area contributed by atoms with Crippen LogP contribution in [0.25, 0.3) is 10.9 Å². The van der Waals surface area contributed by atoms with E-state index in [2.05, 4.69) is 4.98 Å². The maximum Gasteiger partial charge on any atom is 0.150 e. The van der Waals surface area contributed by atoms with E-state index in [1.165, 1.54) is 0 Å². The summed E-state index contributed by atoms with van der Waals surface area (Å²) >= 11 is 5.98. The van der Waals surface area contributed by atoms with Crippen molar-refractivity contribution in [3.05, 3.63) is 40.5 Å². The summed E-state index contributed by atoms with van der Waals surface area (Å²) in [6, 6.07) is 7.18. The first-order chi connectivity index (χ1) is 6.72. The first-order valence-electron chi connectivity index (χ1n) is 4.23. The minimum absolute atomic E-state index is 0.578. The van der Waals surface area contributed by atoms with E-state index in [0.717, 1.165) is 17.4 Å². The molecule has 0 saturated heterocycles. The first kappa shape index (κ1) is 9.16. The molecule has 0 spiro atoms. The topological polar surface area (TPSA) is 30.0 Å². The first-order valence-corrected chi connectivity index (χ1v) is 4.61. The number of carbonyl (C=O) groups is 1. The van der Waals surface area contributed by atoms with E-state index in [1.54, 1.807) is 12.1 Å². The highest BCUT2D eigenvalue weighted by Gasteiger charge is 2.05. The third kappa shape index (κ3) is 1.38. The van der Waals surface area contributed by atoms with Crippen LogP contribution < -0.4 is 0 Å². The number of fused-ring (bicyclic) bond motifs is 1. The monoisotopic (exact) mass is 205 g/mol. The Bertz CT molecular complexity index is 508. The number of carbonyl (C=O) groups excluding carboxylic acids is 1. The Kier molecular flexibility index (Phi) is 2.22. The quantitative estimate of drug-likeness (QED) is 0.670. The smallest absolute Gasteiger partial charge is 0.150 e. The fraction of sp³-hybridized carbons (Fsp3) is 0.0909. The number of hydrogen-bond donors (Lipinski definition) is 0. The summed E-state index contributed by atoms with van der Waals surface area (Å²) in [5.41, 5.74) is 2.12. The highest BCUT2D eigenvalue weighted by Crippen LogP contribution is 2.23. The number of nitrogens with zero attached hydrogens (tertiary/aromatic N) is 1. The van der Waals surface area contributed by atoms with Gasteiger partial charge in [-0.25, -0.2) is 0 Å². The van der Waals surface area contributed by atoms with Crippen LogP contribution in [0.5, 0.6) is 0 Å². The van der Waals surface area contributed by atoms with Gasteiger partial charge in [-0.3, -0.25) is 9.78 Å². The van der Waals surface area contributed by atoms with E-state index in [1.807, 2.05) is 19.1 Å². The number of aromatic nitrogens is 1. The lowest BCUT2D eigenvalue weighted by Gasteiger charge is -2.03. The van der Waals surface area contributed by atoms with Gasteiger partial charge in [-0.15, -0.1) is 0 Å². The molecular formula is C11H8ClNO. The molecule has 0 fully saturated rings. The van der Waals surface area contributed by atoms with Crippen molar-refractivity contribution in [3.8, 4) is 0 Å². The van der Waals surface area contributed by atoms with Crippen LogP contribution in [-0.2, 0) is 0 Å². The largest absolute Gasteiger partial charge is 0.298 e. The molecule has 14 heavy (non-hydrogen) atoms. The molecule has 0 radical (unpaired) electrons. The average molecular weight is 206 g/mol. The number of pyridine rings is 1. The van der Waals surface area contributed by atoms with Crippen molar-refractivity contribution in [1.29, 1.82) is 0 Å². The zero-order valence-corrected chi connectivity index (χ0v) is 8.38. The predicted molar refractivity (Wildman–Crippen MR) is 56.9 cm³/mol. The van der Waals surface area contributed by atoms with Crippen molar-refractivity contribution < 1.29 is 4.79 Å². The molecule has 1 heterocycles. The van der Waals surface area contributed by atoms with Gasteiger partial charge in [0.05, 0.1) is 10.5 Å². The highest BCUT2D eigenvalue weighted by molar-refractivity contribution is 6.35. The Morgan fingerprint density at radius 2 is 2.21 bits per heavy atom. The Labute approximate surface area is 86.5 Å². The van der Waals surface area contributed by atoms with Gasteiger partial charge in [-0.2, -0.15) is 0 Å². The summed E-state index contributed by atoms with van der Waals surface area (Å²) < 4.78 is 0. The summed E-state index contributed by atoms with van der Waals surface area (Å²) in [5, 5.41) is 1.38. The van der Waals surface area contributed by atoms with Crippen LogP contribution in [0.1, 0.15) is 16.1 Å². The van der Waals surface area contributed by atoms with Gasteiger partial charge in [0.15, 0.2) is 6.29 Å². The maximum absolute atomic E-state index is 10.8. The number of halogens is 1. The van der Waals surface area contributed by atoms with E-state index < -0.39 is 0 Å². The van der Waals surface area contributed by atoms with Gasteiger partial charge in [0.2, 0.25) is 0 Å². The molecule has 0 aliphatic heterocycles. The SMILES string of the molecule is Cc1cc(C=O)c2cccc(Cl)c2n1. The molecule has 0 amide bonds. The number of aryl methyl sites for hydroxylation is 1. The summed E-state index contributed by atoms with van der Waals surface area (Å²) in [4.78, 5) is 15.1. The van der Waals surface area contributed by atoms with Crippen molar-refractivity contribution in [3.63, 3.8) is 0 Å². The molecule has 0 bridgehead atoms. The van der Waals surface area contributed by atoms with Gasteiger partial charge < -0.3 is 0 Å². The molecule has 70 valence electrons. The lowest BCUT2D eigenvalue weighted by molar-refractivity contribution is 0.112. The zero-order chi connectivity index (χ0) is 10.1. The molecular weight excluding hydrogens is 198 g/mol. The van der Waals surface area contributed by atoms with Crippen LogP contribution in [0, 0.1) is 6.92 Å². The summed E-state index contributed by atoms with van der Waals surface area (Å²) in [6.07, 6.45) is 0.827. The van der Waals surface area contributed by atoms with Crippen LogP contribution in [0.15, 0.2) is 24.3 Å². The maximum atomic E-state index is 10.8. The number of aldehydes is 1. The molecule has 3 heteroatoms. The molecule has 1 aromatic heterocycles. The average Bonchev–Trinajstić information content (AvgIpc) is 2.18. The molecule has 0 unspecified atom stereocenters. The van der Waals surface area contributed by atoms with Gasteiger partial charge in [0, 0.05) is 16.6 Å². The van der Waals surface area contributed by atoms with Crippen LogP contribution in [0.3, 0.4) is 0 Å². The van der Waals surface area contributed by atoms with Crippen molar-refractivity contribution >= 4 is 28.8 Å². The van der Waals surface area contributed by atoms with Gasteiger partial charge in [0.25, 0.3) is 0 Å². The lowest BCUT2D eigenvalue weighted by Crippen LogP contribution is -1.90. The fourth-order valence-electron chi connectivity index (χ4n) is 1.47. The van der Waals surface area contributed by atoms with E-state index >= 15 is 0 Å². The Balaban J connectivity index is 2.94. The number of hydrogen-bond acceptors (Lipinski definition) is 2. The zero-order valence-electron chi connectivity index (χ0n) is 7.62. The summed E-state index contributed by atoms with van der Waals surface area (Å²) in [7, 11) is 0. The van der Waals surface area contributed by atoms with Crippen LogP contribution >= 0.6 is 11.6 Å². The predicted octanol–water partition coefficient (Wildman–Crippen LogP) is 3.01. The van der Waals surface area contributed by atoms with Crippen LogP contribution in [-0.4, -0.2) is 11.3 Å². The molecule has 0 aliphatic carbocycles. The molecule has 0 atom stereocenters. The molecule has 0 N–H and O–H groups in total.